The summed E-state index contributed by atoms with van der Waals surface area (Å²) in [6, 6.07) is 8.14. The highest BCUT2D eigenvalue weighted by molar-refractivity contribution is 7.90. The Hall–Kier alpha value is -2.12. The fraction of sp³-hybridized carbons (Fsp3) is 0.353. The van der Waals surface area contributed by atoms with Crippen molar-refractivity contribution in [2.45, 2.75) is 24.8 Å². The summed E-state index contributed by atoms with van der Waals surface area (Å²) in [5.74, 6) is -0.177. The molecule has 1 atom stereocenters. The minimum atomic E-state index is -3.69. The van der Waals surface area contributed by atoms with E-state index in [1.807, 2.05) is 13.8 Å². The summed E-state index contributed by atoms with van der Waals surface area (Å²) >= 11 is 0. The number of carbonyl (C=O) groups excluding carboxylic acids is 1. The third kappa shape index (κ3) is 3.09. The van der Waals surface area contributed by atoms with Gasteiger partial charge in [0.15, 0.2) is 0 Å². The van der Waals surface area contributed by atoms with Gasteiger partial charge in [-0.25, -0.2) is 12.4 Å². The van der Waals surface area contributed by atoms with E-state index in [2.05, 4.69) is 0 Å². The molecule has 24 heavy (non-hydrogen) atoms. The van der Waals surface area contributed by atoms with Gasteiger partial charge in [-0.3, -0.25) is 4.79 Å². The zero-order valence-electron chi connectivity index (χ0n) is 13.7. The van der Waals surface area contributed by atoms with Crippen LogP contribution in [-0.4, -0.2) is 49.0 Å². The Morgan fingerprint density at radius 3 is 2.58 bits per heavy atom. The lowest BCUT2D eigenvalue weighted by molar-refractivity contribution is 0.00360. The molecule has 0 bridgehead atoms. The van der Waals surface area contributed by atoms with Crippen LogP contribution in [0.5, 0.6) is 0 Å². The summed E-state index contributed by atoms with van der Waals surface area (Å²) < 4.78 is 31.7. The van der Waals surface area contributed by atoms with Gasteiger partial charge < -0.3 is 9.64 Å². The molecule has 128 valence electrons. The highest BCUT2D eigenvalue weighted by Crippen LogP contribution is 2.18. The molecule has 3 rings (SSSR count). The topological polar surface area (TPSA) is 68.6 Å². The third-order valence-electron chi connectivity index (χ3n) is 4.14. The quantitative estimate of drug-likeness (QED) is 0.849. The first-order valence-corrected chi connectivity index (χ1v) is 9.22. The predicted molar refractivity (Wildman–Crippen MR) is 89.5 cm³/mol. The molecule has 2 heterocycles. The number of benzene rings is 1. The molecule has 2 aromatic rings. The summed E-state index contributed by atoms with van der Waals surface area (Å²) in [4.78, 5) is 14.5. The molecular weight excluding hydrogens is 328 g/mol. The standard InChI is InChI=1S/C17H20N2O4S/c1-13-3-5-16(6-4-13)24(21,22)18-8-7-15(11-18)17(20)19-9-10-23-12-14(19)2/h3-8,11,14H,9-10,12H2,1-2H3. The average Bonchev–Trinajstić information content (AvgIpc) is 3.06. The fourth-order valence-corrected chi connectivity index (χ4v) is 3.88. The molecule has 1 amide bonds. The zero-order valence-corrected chi connectivity index (χ0v) is 14.5. The summed E-state index contributed by atoms with van der Waals surface area (Å²) in [6.07, 6.45) is 2.78. The van der Waals surface area contributed by atoms with Gasteiger partial charge in [0, 0.05) is 18.9 Å². The molecule has 6 nitrogen and oxygen atoms in total. The van der Waals surface area contributed by atoms with Crippen LogP contribution in [0.2, 0.25) is 0 Å². The summed E-state index contributed by atoms with van der Waals surface area (Å²) in [7, 11) is -3.69. The molecule has 1 aromatic heterocycles. The number of morpholine rings is 1. The number of rotatable bonds is 3. The van der Waals surface area contributed by atoms with Crippen LogP contribution in [0.15, 0.2) is 47.6 Å². The van der Waals surface area contributed by atoms with E-state index >= 15 is 0 Å². The van der Waals surface area contributed by atoms with Crippen molar-refractivity contribution in [1.82, 2.24) is 8.87 Å². The van der Waals surface area contributed by atoms with Crippen LogP contribution >= 0.6 is 0 Å². The van der Waals surface area contributed by atoms with Crippen LogP contribution in [0.1, 0.15) is 22.8 Å². The Morgan fingerprint density at radius 2 is 1.92 bits per heavy atom. The van der Waals surface area contributed by atoms with Crippen molar-refractivity contribution in [3.05, 3.63) is 53.9 Å². The highest BCUT2D eigenvalue weighted by Gasteiger charge is 2.26. The molecular formula is C17H20N2O4S. The summed E-state index contributed by atoms with van der Waals surface area (Å²) in [6.45, 7) is 5.31. The number of aromatic nitrogens is 1. The summed E-state index contributed by atoms with van der Waals surface area (Å²) in [5.41, 5.74) is 1.35. The van der Waals surface area contributed by atoms with Crippen molar-refractivity contribution in [1.29, 1.82) is 0 Å². The van der Waals surface area contributed by atoms with E-state index in [4.69, 9.17) is 4.74 Å². The van der Waals surface area contributed by atoms with Crippen molar-refractivity contribution in [2.24, 2.45) is 0 Å². The molecule has 1 aliphatic rings. The molecule has 0 aliphatic carbocycles. The number of carbonyl (C=O) groups is 1. The maximum atomic E-state index is 12.6. The first-order chi connectivity index (χ1) is 11.4. The second kappa shape index (κ2) is 6.41. The predicted octanol–water partition coefficient (Wildman–Crippen LogP) is 1.89. The van der Waals surface area contributed by atoms with Crippen molar-refractivity contribution >= 4 is 15.9 Å². The minimum absolute atomic E-state index is 0.0247. The van der Waals surface area contributed by atoms with Gasteiger partial charge in [0.25, 0.3) is 15.9 Å². The van der Waals surface area contributed by atoms with Crippen LogP contribution < -0.4 is 0 Å². The normalized spacial score (nSPS) is 18.6. The molecule has 1 unspecified atom stereocenters. The molecule has 1 fully saturated rings. The van der Waals surface area contributed by atoms with Gasteiger partial charge in [-0.05, 0) is 32.0 Å². The van der Waals surface area contributed by atoms with Gasteiger partial charge in [-0.1, -0.05) is 17.7 Å². The number of amides is 1. The maximum absolute atomic E-state index is 12.6. The van der Waals surface area contributed by atoms with E-state index in [-0.39, 0.29) is 16.8 Å². The van der Waals surface area contributed by atoms with Crippen LogP contribution in [0.4, 0.5) is 0 Å². The van der Waals surface area contributed by atoms with Crippen molar-refractivity contribution in [2.75, 3.05) is 19.8 Å². The van der Waals surface area contributed by atoms with Crippen molar-refractivity contribution < 1.29 is 17.9 Å². The number of ether oxygens (including phenoxy) is 1. The lowest BCUT2D eigenvalue weighted by Gasteiger charge is -2.33. The zero-order chi connectivity index (χ0) is 17.3. The van der Waals surface area contributed by atoms with Crippen molar-refractivity contribution in [3.63, 3.8) is 0 Å². The molecule has 1 saturated heterocycles. The second-order valence-corrected chi connectivity index (χ2v) is 7.81. The molecule has 7 heteroatoms. The Bertz CT molecular complexity index is 840. The monoisotopic (exact) mass is 348 g/mol. The Balaban J connectivity index is 1.87. The van der Waals surface area contributed by atoms with E-state index in [1.165, 1.54) is 18.5 Å². The van der Waals surface area contributed by atoms with Gasteiger partial charge in [-0.2, -0.15) is 0 Å². The number of nitrogens with zero attached hydrogens (tertiary/aromatic N) is 2. The average molecular weight is 348 g/mol. The second-order valence-electron chi connectivity index (χ2n) is 5.97. The van der Waals surface area contributed by atoms with E-state index in [1.54, 1.807) is 29.2 Å². The lowest BCUT2D eigenvalue weighted by Crippen LogP contribution is -2.47. The van der Waals surface area contributed by atoms with Gasteiger partial charge in [0.05, 0.1) is 29.7 Å². The molecule has 0 radical (unpaired) electrons. The first-order valence-electron chi connectivity index (χ1n) is 7.78. The smallest absolute Gasteiger partial charge is 0.267 e. The SMILES string of the molecule is Cc1ccc(S(=O)(=O)n2ccc(C(=O)N3CCOCC3C)c2)cc1. The van der Waals surface area contributed by atoms with Crippen molar-refractivity contribution in [3.8, 4) is 0 Å². The number of aryl methyl sites for hydroxylation is 1. The Kier molecular flexibility index (Phi) is 4.47. The molecule has 0 saturated carbocycles. The molecule has 0 N–H and O–H groups in total. The summed E-state index contributed by atoms with van der Waals surface area (Å²) in [5, 5.41) is 0. The highest BCUT2D eigenvalue weighted by atomic mass is 32.2. The maximum Gasteiger partial charge on any atom is 0.267 e. The van der Waals surface area contributed by atoms with E-state index in [0.717, 1.165) is 9.54 Å². The van der Waals surface area contributed by atoms with E-state index < -0.39 is 10.0 Å². The molecule has 0 spiro atoms. The molecule has 1 aliphatic heterocycles. The fourth-order valence-electron chi connectivity index (χ4n) is 2.68. The van der Waals surface area contributed by atoms with Crippen LogP contribution in [0, 0.1) is 6.92 Å². The van der Waals surface area contributed by atoms with Crippen LogP contribution in [0.25, 0.3) is 0 Å². The van der Waals surface area contributed by atoms with E-state index in [0.29, 0.717) is 25.3 Å². The Morgan fingerprint density at radius 1 is 1.21 bits per heavy atom. The third-order valence-corrected chi connectivity index (χ3v) is 5.79. The minimum Gasteiger partial charge on any atom is -0.377 e. The first kappa shape index (κ1) is 16.7. The lowest BCUT2D eigenvalue weighted by atomic mass is 10.2. The Labute approximate surface area is 141 Å². The van der Waals surface area contributed by atoms with Crippen LogP contribution in [0.3, 0.4) is 0 Å². The number of hydrogen-bond acceptors (Lipinski definition) is 4. The van der Waals surface area contributed by atoms with Crippen LogP contribution in [-0.2, 0) is 14.8 Å². The number of hydrogen-bond donors (Lipinski definition) is 0. The van der Waals surface area contributed by atoms with E-state index in [9.17, 15) is 13.2 Å². The molecule has 1 aromatic carbocycles. The van der Waals surface area contributed by atoms with Gasteiger partial charge in [0.2, 0.25) is 0 Å². The largest absolute Gasteiger partial charge is 0.377 e. The van der Waals surface area contributed by atoms with Gasteiger partial charge in [-0.15, -0.1) is 0 Å². The van der Waals surface area contributed by atoms with Gasteiger partial charge >= 0.3 is 0 Å². The van der Waals surface area contributed by atoms with Gasteiger partial charge in [0.1, 0.15) is 0 Å².